The number of rotatable bonds is 7. The summed E-state index contributed by atoms with van der Waals surface area (Å²) >= 11 is 0. The molecule has 1 aliphatic rings. The van der Waals surface area contributed by atoms with Crippen LogP contribution in [0.5, 0.6) is 5.75 Å². The molecule has 4 heteroatoms. The second-order valence-electron chi connectivity index (χ2n) is 5.93. The van der Waals surface area contributed by atoms with Gasteiger partial charge in [-0.3, -0.25) is 4.90 Å². The van der Waals surface area contributed by atoms with Gasteiger partial charge in [-0.2, -0.15) is 0 Å². The smallest absolute Gasteiger partial charge is 0.119 e. The highest BCUT2D eigenvalue weighted by molar-refractivity contribution is 5.42. The molecule has 2 atom stereocenters. The summed E-state index contributed by atoms with van der Waals surface area (Å²) in [6.07, 6.45) is 1.08. The van der Waals surface area contributed by atoms with Crippen LogP contribution in [0.2, 0.25) is 0 Å². The summed E-state index contributed by atoms with van der Waals surface area (Å²) in [5.74, 6) is 0.933. The van der Waals surface area contributed by atoms with E-state index in [1.807, 2.05) is 7.05 Å². The minimum atomic E-state index is 0.342. The van der Waals surface area contributed by atoms with Crippen molar-refractivity contribution in [3.8, 4) is 5.75 Å². The van der Waals surface area contributed by atoms with Gasteiger partial charge in [-0.1, -0.05) is 6.07 Å². The first-order valence-electron chi connectivity index (χ1n) is 7.71. The molecule has 0 spiro atoms. The second-order valence-corrected chi connectivity index (χ2v) is 5.93. The molecule has 118 valence electrons. The summed E-state index contributed by atoms with van der Waals surface area (Å²) in [4.78, 5) is 2.54. The maximum absolute atomic E-state index is 5.38. The quantitative estimate of drug-likeness (QED) is 0.835. The molecule has 0 bridgehead atoms. The molecular formula is C17H28N2O2. The lowest BCUT2D eigenvalue weighted by molar-refractivity contribution is 0.0843. The topological polar surface area (TPSA) is 33.7 Å². The van der Waals surface area contributed by atoms with Gasteiger partial charge in [0.15, 0.2) is 0 Å². The molecule has 0 aliphatic heterocycles. The third-order valence-corrected chi connectivity index (χ3v) is 4.46. The minimum Gasteiger partial charge on any atom is -0.497 e. The standard InChI is InChI=1S/C17H28N2O2/c1-12(2)19(8-9-20-4)16-10-13-6-7-14(21-5)11-15(13)17(16)18-3/h6-7,11-12,16-18H,8-10H2,1-5H3. The summed E-state index contributed by atoms with van der Waals surface area (Å²) < 4.78 is 10.7. The van der Waals surface area contributed by atoms with Gasteiger partial charge in [0.2, 0.25) is 0 Å². The molecule has 0 radical (unpaired) electrons. The van der Waals surface area contributed by atoms with Gasteiger partial charge in [0.1, 0.15) is 5.75 Å². The summed E-state index contributed by atoms with van der Waals surface area (Å²) in [5, 5.41) is 3.50. The van der Waals surface area contributed by atoms with Crippen LogP contribution in [0.25, 0.3) is 0 Å². The molecule has 0 amide bonds. The summed E-state index contributed by atoms with van der Waals surface area (Å²) in [6, 6.07) is 7.74. The highest BCUT2D eigenvalue weighted by atomic mass is 16.5. The van der Waals surface area contributed by atoms with Crippen LogP contribution in [0.1, 0.15) is 31.0 Å². The zero-order valence-electron chi connectivity index (χ0n) is 13.8. The number of hydrogen-bond acceptors (Lipinski definition) is 4. The van der Waals surface area contributed by atoms with E-state index in [0.717, 1.165) is 25.3 Å². The fourth-order valence-corrected chi connectivity index (χ4v) is 3.39. The normalized spacial score (nSPS) is 21.1. The first-order valence-corrected chi connectivity index (χ1v) is 7.71. The van der Waals surface area contributed by atoms with Crippen LogP contribution < -0.4 is 10.1 Å². The molecule has 4 nitrogen and oxygen atoms in total. The number of methoxy groups -OCH3 is 2. The molecule has 0 heterocycles. The molecule has 1 aliphatic carbocycles. The Bertz CT molecular complexity index is 462. The fourth-order valence-electron chi connectivity index (χ4n) is 3.39. The third-order valence-electron chi connectivity index (χ3n) is 4.46. The van der Waals surface area contributed by atoms with Gasteiger partial charge in [-0.15, -0.1) is 0 Å². The van der Waals surface area contributed by atoms with E-state index in [1.54, 1.807) is 14.2 Å². The Balaban J connectivity index is 2.25. The Kier molecular flexibility index (Phi) is 5.62. The maximum atomic E-state index is 5.38. The fraction of sp³-hybridized carbons (Fsp3) is 0.647. The van der Waals surface area contributed by atoms with E-state index < -0.39 is 0 Å². The number of benzene rings is 1. The van der Waals surface area contributed by atoms with Crippen LogP contribution in [0.4, 0.5) is 0 Å². The average Bonchev–Trinajstić information content (AvgIpc) is 2.84. The lowest BCUT2D eigenvalue weighted by Gasteiger charge is -2.36. The molecule has 0 aromatic heterocycles. The Morgan fingerprint density at radius 2 is 2.10 bits per heavy atom. The number of nitrogens with zero attached hydrogens (tertiary/aromatic N) is 1. The molecule has 2 unspecified atom stereocenters. The summed E-state index contributed by atoms with van der Waals surface area (Å²) in [6.45, 7) is 6.24. The molecule has 21 heavy (non-hydrogen) atoms. The van der Waals surface area contributed by atoms with Crippen LogP contribution in [-0.2, 0) is 11.2 Å². The van der Waals surface area contributed by atoms with Gasteiger partial charge in [-0.25, -0.2) is 0 Å². The van der Waals surface area contributed by atoms with Crippen LogP contribution in [-0.4, -0.2) is 51.4 Å². The molecule has 0 saturated carbocycles. The van der Waals surface area contributed by atoms with Gasteiger partial charge in [0.25, 0.3) is 0 Å². The molecular weight excluding hydrogens is 264 g/mol. The van der Waals surface area contributed by atoms with E-state index in [4.69, 9.17) is 9.47 Å². The largest absolute Gasteiger partial charge is 0.497 e. The maximum Gasteiger partial charge on any atom is 0.119 e. The van der Waals surface area contributed by atoms with E-state index in [9.17, 15) is 0 Å². The molecule has 1 aromatic carbocycles. The van der Waals surface area contributed by atoms with Crippen molar-refractivity contribution in [2.24, 2.45) is 0 Å². The van der Waals surface area contributed by atoms with Crippen molar-refractivity contribution in [1.82, 2.24) is 10.2 Å². The first kappa shape index (κ1) is 16.3. The van der Waals surface area contributed by atoms with Crippen molar-refractivity contribution in [1.29, 1.82) is 0 Å². The zero-order chi connectivity index (χ0) is 15.4. The predicted molar refractivity (Wildman–Crippen MR) is 86.0 cm³/mol. The summed E-state index contributed by atoms with van der Waals surface area (Å²) in [7, 11) is 5.53. The van der Waals surface area contributed by atoms with Crippen molar-refractivity contribution in [3.63, 3.8) is 0 Å². The minimum absolute atomic E-state index is 0.342. The Morgan fingerprint density at radius 3 is 2.67 bits per heavy atom. The van der Waals surface area contributed by atoms with Crippen molar-refractivity contribution < 1.29 is 9.47 Å². The highest BCUT2D eigenvalue weighted by Gasteiger charge is 2.36. The van der Waals surface area contributed by atoms with E-state index >= 15 is 0 Å². The van der Waals surface area contributed by atoms with E-state index in [-0.39, 0.29) is 0 Å². The Labute approximate surface area is 128 Å². The lowest BCUT2D eigenvalue weighted by Crippen LogP contribution is -2.47. The predicted octanol–water partition coefficient (Wildman–Crippen LogP) is 2.24. The van der Waals surface area contributed by atoms with Crippen LogP contribution >= 0.6 is 0 Å². The number of likely N-dealkylation sites (N-methyl/N-ethyl adjacent to an activating group) is 1. The average molecular weight is 292 g/mol. The number of fused-ring (bicyclic) bond motifs is 1. The van der Waals surface area contributed by atoms with Gasteiger partial charge >= 0.3 is 0 Å². The van der Waals surface area contributed by atoms with Crippen LogP contribution in [0, 0.1) is 0 Å². The number of ether oxygens (including phenoxy) is 2. The number of hydrogen-bond donors (Lipinski definition) is 1. The molecule has 2 rings (SSSR count). The van der Waals surface area contributed by atoms with Crippen LogP contribution in [0.15, 0.2) is 18.2 Å². The highest BCUT2D eigenvalue weighted by Crippen LogP contribution is 2.37. The Hall–Kier alpha value is -1.10. The Morgan fingerprint density at radius 1 is 1.33 bits per heavy atom. The first-order chi connectivity index (χ1) is 10.1. The molecule has 1 N–H and O–H groups in total. The molecule has 1 aromatic rings. The zero-order valence-corrected chi connectivity index (χ0v) is 13.8. The van der Waals surface area contributed by atoms with Gasteiger partial charge in [0.05, 0.1) is 13.7 Å². The van der Waals surface area contributed by atoms with Crippen molar-refractivity contribution in [2.75, 3.05) is 34.4 Å². The summed E-state index contributed by atoms with van der Waals surface area (Å²) in [5.41, 5.74) is 2.79. The molecule has 0 fully saturated rings. The lowest BCUT2D eigenvalue weighted by atomic mass is 10.0. The van der Waals surface area contributed by atoms with Crippen molar-refractivity contribution >= 4 is 0 Å². The van der Waals surface area contributed by atoms with Crippen LogP contribution in [0.3, 0.4) is 0 Å². The van der Waals surface area contributed by atoms with Gasteiger partial charge in [-0.05, 0) is 50.6 Å². The van der Waals surface area contributed by atoms with Crippen molar-refractivity contribution in [2.45, 2.75) is 38.4 Å². The monoisotopic (exact) mass is 292 g/mol. The van der Waals surface area contributed by atoms with Crippen molar-refractivity contribution in [3.05, 3.63) is 29.3 Å². The van der Waals surface area contributed by atoms with Gasteiger partial charge < -0.3 is 14.8 Å². The number of nitrogens with one attached hydrogen (secondary N) is 1. The van der Waals surface area contributed by atoms with E-state index in [1.165, 1.54) is 11.1 Å². The van der Waals surface area contributed by atoms with E-state index in [0.29, 0.717) is 18.1 Å². The SMILES string of the molecule is CNC1c2cc(OC)ccc2CC1N(CCOC)C(C)C. The van der Waals surface area contributed by atoms with Gasteiger partial charge in [0, 0.05) is 31.8 Å². The van der Waals surface area contributed by atoms with E-state index in [2.05, 4.69) is 42.3 Å². The third kappa shape index (κ3) is 3.39. The second kappa shape index (κ2) is 7.25. The molecule has 0 saturated heterocycles.